The van der Waals surface area contributed by atoms with Crippen molar-refractivity contribution in [3.8, 4) is 0 Å². The standard InChI is InChI=1S/C13H21N3/c1-11-3-4-12(10-15-11)9-14-7-8-16(2)13-5-6-13/h3-4,10,13-14H,5-9H2,1-2H3. The highest BCUT2D eigenvalue weighted by molar-refractivity contribution is 5.12. The van der Waals surface area contributed by atoms with E-state index in [2.05, 4.69) is 34.4 Å². The molecule has 16 heavy (non-hydrogen) atoms. The van der Waals surface area contributed by atoms with Crippen LogP contribution >= 0.6 is 0 Å². The van der Waals surface area contributed by atoms with Gasteiger partial charge in [-0.2, -0.15) is 0 Å². The van der Waals surface area contributed by atoms with Crippen molar-refractivity contribution in [2.24, 2.45) is 0 Å². The van der Waals surface area contributed by atoms with Gasteiger partial charge in [0.2, 0.25) is 0 Å². The second-order valence-corrected chi connectivity index (χ2v) is 4.70. The molecule has 1 aromatic rings. The summed E-state index contributed by atoms with van der Waals surface area (Å²) in [6.45, 7) is 5.14. The number of pyridine rings is 1. The number of rotatable bonds is 6. The molecule has 1 aliphatic carbocycles. The highest BCUT2D eigenvalue weighted by Gasteiger charge is 2.25. The summed E-state index contributed by atoms with van der Waals surface area (Å²) in [7, 11) is 2.22. The predicted molar refractivity (Wildman–Crippen MR) is 66.3 cm³/mol. The van der Waals surface area contributed by atoms with Crippen LogP contribution in [0.4, 0.5) is 0 Å². The van der Waals surface area contributed by atoms with Gasteiger partial charge in [0, 0.05) is 37.6 Å². The summed E-state index contributed by atoms with van der Waals surface area (Å²) in [5.41, 5.74) is 2.34. The van der Waals surface area contributed by atoms with Crippen LogP contribution in [0.2, 0.25) is 0 Å². The van der Waals surface area contributed by atoms with E-state index in [1.807, 2.05) is 13.1 Å². The van der Waals surface area contributed by atoms with E-state index in [0.717, 1.165) is 31.4 Å². The number of nitrogens with zero attached hydrogens (tertiary/aromatic N) is 2. The Morgan fingerprint density at radius 2 is 2.25 bits per heavy atom. The molecule has 1 fully saturated rings. The summed E-state index contributed by atoms with van der Waals surface area (Å²) in [5.74, 6) is 0. The molecule has 0 bridgehead atoms. The van der Waals surface area contributed by atoms with Crippen LogP contribution in [-0.4, -0.2) is 36.1 Å². The monoisotopic (exact) mass is 219 g/mol. The summed E-state index contributed by atoms with van der Waals surface area (Å²) in [5, 5.41) is 3.45. The maximum atomic E-state index is 4.28. The molecule has 0 aliphatic heterocycles. The third kappa shape index (κ3) is 3.58. The van der Waals surface area contributed by atoms with Crippen molar-refractivity contribution < 1.29 is 0 Å². The summed E-state index contributed by atoms with van der Waals surface area (Å²) < 4.78 is 0. The van der Waals surface area contributed by atoms with Gasteiger partial charge < -0.3 is 10.2 Å². The van der Waals surface area contributed by atoms with E-state index < -0.39 is 0 Å². The maximum Gasteiger partial charge on any atom is 0.0372 e. The number of hydrogen-bond donors (Lipinski definition) is 1. The van der Waals surface area contributed by atoms with E-state index in [1.165, 1.54) is 18.4 Å². The minimum Gasteiger partial charge on any atom is -0.311 e. The van der Waals surface area contributed by atoms with Crippen LogP contribution in [0.5, 0.6) is 0 Å². The molecule has 1 N–H and O–H groups in total. The fourth-order valence-electron chi connectivity index (χ4n) is 1.79. The molecule has 0 unspecified atom stereocenters. The minimum absolute atomic E-state index is 0.864. The fraction of sp³-hybridized carbons (Fsp3) is 0.615. The van der Waals surface area contributed by atoms with Crippen LogP contribution in [0.15, 0.2) is 18.3 Å². The SMILES string of the molecule is Cc1ccc(CNCCN(C)C2CC2)cn1. The first-order valence-electron chi connectivity index (χ1n) is 6.08. The van der Waals surface area contributed by atoms with Gasteiger partial charge in [0.1, 0.15) is 0 Å². The van der Waals surface area contributed by atoms with E-state index in [4.69, 9.17) is 0 Å². The Morgan fingerprint density at radius 1 is 1.44 bits per heavy atom. The average Bonchev–Trinajstić information content (AvgIpc) is 3.10. The molecule has 1 heterocycles. The number of nitrogens with one attached hydrogen (secondary N) is 1. The predicted octanol–water partition coefficient (Wildman–Crippen LogP) is 1.57. The van der Waals surface area contributed by atoms with Crippen LogP contribution in [0, 0.1) is 6.92 Å². The number of aryl methyl sites for hydroxylation is 1. The highest BCUT2D eigenvalue weighted by Crippen LogP contribution is 2.24. The molecule has 0 aromatic carbocycles. The average molecular weight is 219 g/mol. The molecule has 3 heteroatoms. The first kappa shape index (κ1) is 11.6. The first-order valence-corrected chi connectivity index (χ1v) is 6.08. The van der Waals surface area contributed by atoms with Crippen LogP contribution < -0.4 is 5.32 Å². The molecule has 2 rings (SSSR count). The molecular weight excluding hydrogens is 198 g/mol. The van der Waals surface area contributed by atoms with Gasteiger partial charge in [-0.25, -0.2) is 0 Å². The molecule has 0 spiro atoms. The lowest BCUT2D eigenvalue weighted by Gasteiger charge is -2.15. The Kier molecular flexibility index (Phi) is 3.91. The van der Waals surface area contributed by atoms with Crippen molar-refractivity contribution in [2.45, 2.75) is 32.4 Å². The molecule has 0 atom stereocenters. The van der Waals surface area contributed by atoms with E-state index in [1.54, 1.807) is 0 Å². The molecule has 0 saturated heterocycles. The summed E-state index contributed by atoms with van der Waals surface area (Å²) in [4.78, 5) is 6.73. The Labute approximate surface area is 97.9 Å². The Balaban J connectivity index is 1.62. The molecule has 0 radical (unpaired) electrons. The summed E-state index contributed by atoms with van der Waals surface area (Å²) in [6.07, 6.45) is 4.73. The second-order valence-electron chi connectivity index (χ2n) is 4.70. The van der Waals surface area contributed by atoms with E-state index in [-0.39, 0.29) is 0 Å². The van der Waals surface area contributed by atoms with Gasteiger partial charge in [-0.05, 0) is 38.4 Å². The van der Waals surface area contributed by atoms with Gasteiger partial charge in [-0.3, -0.25) is 4.98 Å². The summed E-state index contributed by atoms with van der Waals surface area (Å²) >= 11 is 0. The topological polar surface area (TPSA) is 28.2 Å². The van der Waals surface area contributed by atoms with Crippen LogP contribution in [0.1, 0.15) is 24.1 Å². The maximum absolute atomic E-state index is 4.28. The normalized spacial score (nSPS) is 15.7. The zero-order chi connectivity index (χ0) is 11.4. The van der Waals surface area contributed by atoms with Gasteiger partial charge in [0.25, 0.3) is 0 Å². The van der Waals surface area contributed by atoms with E-state index in [0.29, 0.717) is 0 Å². The van der Waals surface area contributed by atoms with Crippen LogP contribution in [0.25, 0.3) is 0 Å². The molecule has 0 amide bonds. The fourth-order valence-corrected chi connectivity index (χ4v) is 1.79. The molecule has 88 valence electrons. The van der Waals surface area contributed by atoms with Crippen molar-refractivity contribution in [2.75, 3.05) is 20.1 Å². The van der Waals surface area contributed by atoms with Gasteiger partial charge in [0.15, 0.2) is 0 Å². The second kappa shape index (κ2) is 5.41. The minimum atomic E-state index is 0.864. The van der Waals surface area contributed by atoms with Crippen molar-refractivity contribution in [1.82, 2.24) is 15.2 Å². The molecule has 1 aromatic heterocycles. The van der Waals surface area contributed by atoms with Gasteiger partial charge in [0.05, 0.1) is 0 Å². The number of hydrogen-bond acceptors (Lipinski definition) is 3. The molecular formula is C13H21N3. The van der Waals surface area contributed by atoms with Crippen molar-refractivity contribution >= 4 is 0 Å². The number of likely N-dealkylation sites (N-methyl/N-ethyl adjacent to an activating group) is 1. The van der Waals surface area contributed by atoms with Crippen molar-refractivity contribution in [1.29, 1.82) is 0 Å². The quantitative estimate of drug-likeness (QED) is 0.736. The first-order chi connectivity index (χ1) is 7.75. The third-order valence-electron chi connectivity index (χ3n) is 3.11. The molecule has 3 nitrogen and oxygen atoms in total. The van der Waals surface area contributed by atoms with Gasteiger partial charge in [-0.1, -0.05) is 6.07 Å². The van der Waals surface area contributed by atoms with Crippen LogP contribution in [-0.2, 0) is 6.54 Å². The lowest BCUT2D eigenvalue weighted by molar-refractivity contribution is 0.321. The zero-order valence-electron chi connectivity index (χ0n) is 10.2. The summed E-state index contributed by atoms with van der Waals surface area (Å²) in [6, 6.07) is 5.07. The van der Waals surface area contributed by atoms with Crippen molar-refractivity contribution in [3.63, 3.8) is 0 Å². The smallest absolute Gasteiger partial charge is 0.0372 e. The van der Waals surface area contributed by atoms with Crippen molar-refractivity contribution in [3.05, 3.63) is 29.6 Å². The Morgan fingerprint density at radius 3 is 2.88 bits per heavy atom. The van der Waals surface area contributed by atoms with Gasteiger partial charge in [-0.15, -0.1) is 0 Å². The third-order valence-corrected chi connectivity index (χ3v) is 3.11. The highest BCUT2D eigenvalue weighted by atomic mass is 15.2. The lowest BCUT2D eigenvalue weighted by Crippen LogP contribution is -2.30. The van der Waals surface area contributed by atoms with Crippen LogP contribution in [0.3, 0.4) is 0 Å². The Hall–Kier alpha value is -0.930. The lowest BCUT2D eigenvalue weighted by atomic mass is 10.2. The number of aromatic nitrogens is 1. The van der Waals surface area contributed by atoms with E-state index >= 15 is 0 Å². The van der Waals surface area contributed by atoms with E-state index in [9.17, 15) is 0 Å². The Bertz CT molecular complexity index is 316. The molecule has 1 aliphatic rings. The molecule has 1 saturated carbocycles. The van der Waals surface area contributed by atoms with Gasteiger partial charge >= 0.3 is 0 Å². The largest absolute Gasteiger partial charge is 0.311 e. The zero-order valence-corrected chi connectivity index (χ0v) is 10.2.